The Balaban J connectivity index is 2.15. The monoisotopic (exact) mass is 363 g/mol. The number of para-hydroxylation sites is 1. The second-order valence-corrected chi connectivity index (χ2v) is 6.03. The maximum Gasteiger partial charge on any atom is 0.316 e. The molecule has 1 aromatic heterocycles. The van der Waals surface area contributed by atoms with Crippen LogP contribution in [-0.2, 0) is 14.3 Å². The van der Waals surface area contributed by atoms with Gasteiger partial charge in [0.05, 0.1) is 12.4 Å². The Kier molecular flexibility index (Phi) is 6.81. The highest BCUT2D eigenvalue weighted by molar-refractivity contribution is 7.99. The Morgan fingerprint density at radius 3 is 2.64 bits per heavy atom. The topological polar surface area (TPSA) is 112 Å². The summed E-state index contributed by atoms with van der Waals surface area (Å²) in [5, 5.41) is 11.1. The summed E-state index contributed by atoms with van der Waals surface area (Å²) >= 11 is 1.14. The van der Waals surface area contributed by atoms with Crippen molar-refractivity contribution in [3.05, 3.63) is 30.3 Å². The number of thioether (sulfide) groups is 1. The van der Waals surface area contributed by atoms with Crippen molar-refractivity contribution >= 4 is 35.3 Å². The number of anilines is 2. The highest BCUT2D eigenvalue weighted by atomic mass is 32.2. The fourth-order valence-electron chi connectivity index (χ4n) is 2.24. The second-order valence-electron chi connectivity index (χ2n) is 5.08. The third kappa shape index (κ3) is 4.96. The van der Waals surface area contributed by atoms with Gasteiger partial charge in [-0.1, -0.05) is 36.9 Å². The van der Waals surface area contributed by atoms with Gasteiger partial charge in [0.2, 0.25) is 11.9 Å². The molecule has 0 aliphatic rings. The van der Waals surface area contributed by atoms with Crippen molar-refractivity contribution in [3.63, 3.8) is 0 Å². The molecule has 9 heteroatoms. The predicted molar refractivity (Wildman–Crippen MR) is 96.2 cm³/mol. The maximum atomic E-state index is 12.6. The molecule has 1 heterocycles. The minimum atomic E-state index is -0.583. The molecule has 134 valence electrons. The Morgan fingerprint density at radius 1 is 1.28 bits per heavy atom. The minimum Gasteiger partial charge on any atom is -0.465 e. The zero-order chi connectivity index (χ0) is 18.2. The van der Waals surface area contributed by atoms with E-state index in [0.717, 1.165) is 11.8 Å². The lowest BCUT2D eigenvalue weighted by Gasteiger charge is -2.19. The standard InChI is InChI=1S/C16H21N5O3S/c1-3-12(14(23)18-11-8-6-5-7-9-11)21-15(17)19-20-16(21)25-10-13(22)24-4-2/h5-9,12H,3-4,10H2,1-2H3,(H2,17,19)(H,18,23). The average Bonchev–Trinajstić information content (AvgIpc) is 2.96. The molecule has 0 saturated carbocycles. The van der Waals surface area contributed by atoms with Gasteiger partial charge < -0.3 is 15.8 Å². The second kappa shape index (κ2) is 9.07. The summed E-state index contributed by atoms with van der Waals surface area (Å²) < 4.78 is 6.44. The van der Waals surface area contributed by atoms with Gasteiger partial charge in [0, 0.05) is 5.69 Å². The first-order chi connectivity index (χ1) is 12.1. The van der Waals surface area contributed by atoms with Crippen LogP contribution in [0.3, 0.4) is 0 Å². The molecule has 0 saturated heterocycles. The fraction of sp³-hybridized carbons (Fsp3) is 0.375. The predicted octanol–water partition coefficient (Wildman–Crippen LogP) is 2.11. The molecule has 0 aliphatic heterocycles. The first-order valence-corrected chi connectivity index (χ1v) is 8.90. The van der Waals surface area contributed by atoms with Crippen LogP contribution in [-0.4, -0.2) is 39.0 Å². The highest BCUT2D eigenvalue weighted by Gasteiger charge is 2.25. The lowest BCUT2D eigenvalue weighted by atomic mass is 10.2. The molecule has 8 nitrogen and oxygen atoms in total. The van der Waals surface area contributed by atoms with Gasteiger partial charge in [-0.15, -0.1) is 10.2 Å². The van der Waals surface area contributed by atoms with Crippen LogP contribution < -0.4 is 11.1 Å². The molecule has 1 atom stereocenters. The Hall–Kier alpha value is -2.55. The smallest absolute Gasteiger partial charge is 0.316 e. The van der Waals surface area contributed by atoms with E-state index in [4.69, 9.17) is 10.5 Å². The Bertz CT molecular complexity index is 720. The number of hydrogen-bond acceptors (Lipinski definition) is 7. The number of nitrogens with zero attached hydrogens (tertiary/aromatic N) is 3. The number of amides is 1. The van der Waals surface area contributed by atoms with Gasteiger partial charge in [0.15, 0.2) is 5.16 Å². The number of esters is 1. The molecule has 2 rings (SSSR count). The summed E-state index contributed by atoms with van der Waals surface area (Å²) in [7, 11) is 0. The van der Waals surface area contributed by atoms with E-state index in [2.05, 4.69) is 15.5 Å². The van der Waals surface area contributed by atoms with Crippen molar-refractivity contribution in [2.24, 2.45) is 0 Å². The van der Waals surface area contributed by atoms with Crippen LogP contribution in [0.15, 0.2) is 35.5 Å². The van der Waals surface area contributed by atoms with Crippen LogP contribution in [0.1, 0.15) is 26.3 Å². The Morgan fingerprint density at radius 2 is 2.00 bits per heavy atom. The third-order valence-electron chi connectivity index (χ3n) is 3.36. The summed E-state index contributed by atoms with van der Waals surface area (Å²) in [5.74, 6) is -0.384. The molecule has 1 aromatic carbocycles. The molecule has 0 bridgehead atoms. The number of benzene rings is 1. The van der Waals surface area contributed by atoms with E-state index in [1.54, 1.807) is 23.6 Å². The first-order valence-electron chi connectivity index (χ1n) is 7.91. The summed E-state index contributed by atoms with van der Waals surface area (Å²) in [4.78, 5) is 24.2. The van der Waals surface area contributed by atoms with Gasteiger partial charge in [-0.25, -0.2) is 0 Å². The van der Waals surface area contributed by atoms with Crippen molar-refractivity contribution in [3.8, 4) is 0 Å². The maximum absolute atomic E-state index is 12.6. The van der Waals surface area contributed by atoms with E-state index in [1.807, 2.05) is 25.1 Å². The number of carbonyl (C=O) groups is 2. The molecular weight excluding hydrogens is 342 g/mol. The highest BCUT2D eigenvalue weighted by Crippen LogP contribution is 2.26. The molecule has 0 fully saturated rings. The largest absolute Gasteiger partial charge is 0.465 e. The molecule has 0 spiro atoms. The zero-order valence-electron chi connectivity index (χ0n) is 14.1. The number of rotatable bonds is 8. The fourth-order valence-corrected chi connectivity index (χ4v) is 3.03. The van der Waals surface area contributed by atoms with Gasteiger partial charge in [-0.05, 0) is 25.5 Å². The molecular formula is C16H21N5O3S. The number of hydrogen-bond donors (Lipinski definition) is 2. The van der Waals surface area contributed by atoms with Gasteiger partial charge >= 0.3 is 5.97 Å². The quantitative estimate of drug-likeness (QED) is 0.545. The molecule has 0 radical (unpaired) electrons. The van der Waals surface area contributed by atoms with Crippen LogP contribution in [0.5, 0.6) is 0 Å². The normalized spacial score (nSPS) is 11.8. The number of aromatic nitrogens is 3. The van der Waals surface area contributed by atoms with Crippen LogP contribution >= 0.6 is 11.8 Å². The number of ether oxygens (including phenoxy) is 1. The molecule has 3 N–H and O–H groups in total. The van der Waals surface area contributed by atoms with Crippen LogP contribution in [0.2, 0.25) is 0 Å². The van der Waals surface area contributed by atoms with Crippen molar-refractivity contribution in [2.75, 3.05) is 23.4 Å². The van der Waals surface area contributed by atoms with E-state index >= 15 is 0 Å². The van der Waals surface area contributed by atoms with Gasteiger partial charge in [0.25, 0.3) is 0 Å². The van der Waals surface area contributed by atoms with E-state index in [-0.39, 0.29) is 23.6 Å². The SMILES string of the molecule is CCOC(=O)CSc1nnc(N)n1C(CC)C(=O)Nc1ccccc1. The van der Waals surface area contributed by atoms with E-state index in [0.29, 0.717) is 23.9 Å². The van der Waals surface area contributed by atoms with Crippen LogP contribution in [0.4, 0.5) is 11.6 Å². The molecule has 1 unspecified atom stereocenters. The average molecular weight is 363 g/mol. The summed E-state index contributed by atoms with van der Waals surface area (Å²) in [6, 6.07) is 8.57. The summed E-state index contributed by atoms with van der Waals surface area (Å²) in [6.45, 7) is 3.92. The first kappa shape index (κ1) is 18.8. The lowest BCUT2D eigenvalue weighted by Crippen LogP contribution is -2.27. The summed E-state index contributed by atoms with van der Waals surface area (Å²) in [5.41, 5.74) is 6.59. The van der Waals surface area contributed by atoms with E-state index in [9.17, 15) is 9.59 Å². The van der Waals surface area contributed by atoms with E-state index in [1.165, 1.54) is 0 Å². The summed E-state index contributed by atoms with van der Waals surface area (Å²) in [6.07, 6.45) is 0.494. The van der Waals surface area contributed by atoms with Gasteiger partial charge in [0.1, 0.15) is 6.04 Å². The number of nitrogen functional groups attached to an aromatic ring is 1. The zero-order valence-corrected chi connectivity index (χ0v) is 15.0. The van der Waals surface area contributed by atoms with Gasteiger partial charge in [-0.2, -0.15) is 0 Å². The van der Waals surface area contributed by atoms with Gasteiger partial charge in [-0.3, -0.25) is 14.2 Å². The molecule has 1 amide bonds. The van der Waals surface area contributed by atoms with Crippen molar-refractivity contribution < 1.29 is 14.3 Å². The number of nitrogens with two attached hydrogens (primary N) is 1. The van der Waals surface area contributed by atoms with Crippen molar-refractivity contribution in [1.29, 1.82) is 0 Å². The Labute approximate surface area is 150 Å². The van der Waals surface area contributed by atoms with E-state index < -0.39 is 6.04 Å². The van der Waals surface area contributed by atoms with Crippen LogP contribution in [0.25, 0.3) is 0 Å². The minimum absolute atomic E-state index is 0.0721. The number of nitrogens with one attached hydrogen (secondary N) is 1. The third-order valence-corrected chi connectivity index (χ3v) is 4.27. The van der Waals surface area contributed by atoms with Crippen molar-refractivity contribution in [1.82, 2.24) is 14.8 Å². The molecule has 25 heavy (non-hydrogen) atoms. The van der Waals surface area contributed by atoms with Crippen LogP contribution in [0, 0.1) is 0 Å². The lowest BCUT2D eigenvalue weighted by molar-refractivity contribution is -0.139. The number of carbonyl (C=O) groups excluding carboxylic acids is 2. The molecule has 2 aromatic rings. The molecule has 0 aliphatic carbocycles. The van der Waals surface area contributed by atoms with Crippen molar-refractivity contribution in [2.45, 2.75) is 31.5 Å².